The van der Waals surface area contributed by atoms with Crippen molar-refractivity contribution in [1.29, 1.82) is 0 Å². The lowest BCUT2D eigenvalue weighted by molar-refractivity contribution is 0.0863. The molecule has 0 unspecified atom stereocenters. The summed E-state index contributed by atoms with van der Waals surface area (Å²) < 4.78 is 26.5. The topological polar surface area (TPSA) is 53.5 Å². The highest BCUT2D eigenvalue weighted by Crippen LogP contribution is 2.42. The molecule has 4 rings (SSSR count). The van der Waals surface area contributed by atoms with Crippen LogP contribution >= 0.6 is 11.3 Å². The van der Waals surface area contributed by atoms with Crippen molar-refractivity contribution in [3.05, 3.63) is 29.3 Å². The molecule has 0 saturated carbocycles. The van der Waals surface area contributed by atoms with Gasteiger partial charge in [-0.05, 0) is 62.4 Å². The van der Waals surface area contributed by atoms with Gasteiger partial charge in [0, 0.05) is 19.1 Å². The van der Waals surface area contributed by atoms with Crippen molar-refractivity contribution in [3.63, 3.8) is 0 Å². The van der Waals surface area contributed by atoms with Crippen molar-refractivity contribution in [2.24, 2.45) is 5.41 Å². The summed E-state index contributed by atoms with van der Waals surface area (Å²) in [5.74, 6) is 0. The lowest BCUT2D eigenvalue weighted by Crippen LogP contribution is -2.43. The summed E-state index contributed by atoms with van der Waals surface area (Å²) >= 11 is 1.68. The van der Waals surface area contributed by atoms with Gasteiger partial charge in [0.25, 0.3) is 0 Å². The van der Waals surface area contributed by atoms with Crippen LogP contribution in [0, 0.1) is 5.41 Å². The Labute approximate surface area is 153 Å². The average Bonchev–Trinajstić information content (AvgIpc) is 3.21. The maximum Gasteiger partial charge on any atom is 0.211 e. The zero-order valence-electron chi connectivity index (χ0n) is 14.8. The largest absolute Gasteiger partial charge is 0.297 e. The van der Waals surface area contributed by atoms with E-state index in [1.165, 1.54) is 16.5 Å². The Balaban J connectivity index is 1.43. The monoisotopic (exact) mass is 379 g/mol. The number of rotatable bonds is 3. The summed E-state index contributed by atoms with van der Waals surface area (Å²) in [7, 11) is -3.05. The molecule has 0 bridgehead atoms. The second-order valence-electron chi connectivity index (χ2n) is 7.64. The fourth-order valence-electron chi connectivity index (χ4n) is 4.32. The van der Waals surface area contributed by atoms with Crippen molar-refractivity contribution < 1.29 is 8.42 Å². The Kier molecular flexibility index (Phi) is 4.38. The fraction of sp³-hybridized carbons (Fsp3) is 0.611. The van der Waals surface area contributed by atoms with Crippen molar-refractivity contribution >= 4 is 31.6 Å². The maximum absolute atomic E-state index is 11.8. The highest BCUT2D eigenvalue weighted by atomic mass is 32.2. The molecule has 2 aliphatic heterocycles. The van der Waals surface area contributed by atoms with Crippen LogP contribution in [-0.2, 0) is 10.0 Å². The van der Waals surface area contributed by atoms with Crippen LogP contribution in [0.4, 0.5) is 0 Å². The second-order valence-corrected chi connectivity index (χ2v) is 10.5. The van der Waals surface area contributed by atoms with Gasteiger partial charge < -0.3 is 0 Å². The molecule has 2 saturated heterocycles. The predicted molar refractivity (Wildman–Crippen MR) is 102 cm³/mol. The maximum atomic E-state index is 11.8. The average molecular weight is 380 g/mol. The molecule has 1 aromatic carbocycles. The molecule has 1 spiro atoms. The molecule has 0 N–H and O–H groups in total. The number of benzene rings is 1. The molecule has 25 heavy (non-hydrogen) atoms. The van der Waals surface area contributed by atoms with Gasteiger partial charge in [0.05, 0.1) is 22.0 Å². The van der Waals surface area contributed by atoms with E-state index in [1.807, 2.05) is 5.51 Å². The number of hydrogen-bond donors (Lipinski definition) is 0. The van der Waals surface area contributed by atoms with Crippen molar-refractivity contribution in [1.82, 2.24) is 14.2 Å². The molecule has 0 amide bonds. The fourth-order valence-corrected chi connectivity index (χ4v) is 5.91. The van der Waals surface area contributed by atoms with Crippen molar-refractivity contribution in [2.75, 3.05) is 32.4 Å². The summed E-state index contributed by atoms with van der Waals surface area (Å²) in [5.41, 5.74) is 4.50. The van der Waals surface area contributed by atoms with Crippen LogP contribution in [-0.4, -0.2) is 55.0 Å². The highest BCUT2D eigenvalue weighted by Gasteiger charge is 2.43. The lowest BCUT2D eigenvalue weighted by atomic mass is 9.77. The first-order valence-corrected chi connectivity index (χ1v) is 11.6. The van der Waals surface area contributed by atoms with E-state index >= 15 is 0 Å². The van der Waals surface area contributed by atoms with E-state index in [0.29, 0.717) is 19.1 Å². The number of piperidine rings is 1. The van der Waals surface area contributed by atoms with Crippen LogP contribution in [0.25, 0.3) is 10.2 Å². The van der Waals surface area contributed by atoms with Gasteiger partial charge in [-0.25, -0.2) is 17.7 Å². The van der Waals surface area contributed by atoms with E-state index in [1.54, 1.807) is 15.6 Å². The molecule has 1 aromatic heterocycles. The van der Waals surface area contributed by atoms with Crippen LogP contribution in [0.15, 0.2) is 23.7 Å². The first-order valence-electron chi connectivity index (χ1n) is 8.89. The minimum absolute atomic E-state index is 0.193. The van der Waals surface area contributed by atoms with Crippen LogP contribution in [0.2, 0.25) is 0 Å². The highest BCUT2D eigenvalue weighted by molar-refractivity contribution is 7.88. The Bertz CT molecular complexity index is 869. The lowest BCUT2D eigenvalue weighted by Gasteiger charge is -2.42. The molecular weight excluding hydrogens is 354 g/mol. The molecular formula is C18H25N3O2S2. The van der Waals surface area contributed by atoms with Gasteiger partial charge in [0.1, 0.15) is 0 Å². The number of likely N-dealkylation sites (tertiary alicyclic amines) is 1. The van der Waals surface area contributed by atoms with Crippen LogP contribution < -0.4 is 0 Å². The van der Waals surface area contributed by atoms with Crippen molar-refractivity contribution in [3.8, 4) is 0 Å². The van der Waals surface area contributed by atoms with Gasteiger partial charge in [-0.3, -0.25) is 4.90 Å². The standard InChI is InChI=1S/C18H25N3O2S2/c1-14(15-3-4-17-16(11-15)19-13-24-17)20-8-5-18(6-9-20)7-10-21(12-18)25(2,22)23/h3-4,11,13-14H,5-10,12H2,1-2H3/t14-/m0/s1. The molecule has 5 nitrogen and oxygen atoms in total. The summed E-state index contributed by atoms with van der Waals surface area (Å²) in [6, 6.07) is 6.97. The SMILES string of the molecule is C[C@@H](c1ccc2scnc2c1)N1CCC2(CC1)CCN(S(C)(=O)=O)C2. The number of nitrogens with zero attached hydrogens (tertiary/aromatic N) is 3. The van der Waals surface area contributed by atoms with Gasteiger partial charge in [0.2, 0.25) is 10.0 Å². The van der Waals surface area contributed by atoms with E-state index in [2.05, 4.69) is 35.0 Å². The van der Waals surface area contributed by atoms with Gasteiger partial charge >= 0.3 is 0 Å². The summed E-state index contributed by atoms with van der Waals surface area (Å²) in [4.78, 5) is 6.96. The molecule has 7 heteroatoms. The number of aromatic nitrogens is 1. The third-order valence-electron chi connectivity index (χ3n) is 6.12. The van der Waals surface area contributed by atoms with Gasteiger partial charge in [-0.1, -0.05) is 6.07 Å². The van der Waals surface area contributed by atoms with Crippen molar-refractivity contribution in [2.45, 2.75) is 32.2 Å². The van der Waals surface area contributed by atoms with E-state index < -0.39 is 10.0 Å². The molecule has 0 radical (unpaired) electrons. The van der Waals surface area contributed by atoms with Gasteiger partial charge in [0.15, 0.2) is 0 Å². The molecule has 2 fully saturated rings. The van der Waals surface area contributed by atoms with E-state index in [9.17, 15) is 8.42 Å². The number of hydrogen-bond acceptors (Lipinski definition) is 5. The van der Waals surface area contributed by atoms with E-state index in [4.69, 9.17) is 0 Å². The van der Waals surface area contributed by atoms with Gasteiger partial charge in [-0.2, -0.15) is 0 Å². The smallest absolute Gasteiger partial charge is 0.211 e. The number of thiazole rings is 1. The minimum Gasteiger partial charge on any atom is -0.297 e. The Hall–Kier alpha value is -1.02. The Morgan fingerprint density at radius 2 is 1.92 bits per heavy atom. The quantitative estimate of drug-likeness (QED) is 0.822. The summed E-state index contributed by atoms with van der Waals surface area (Å²) in [5, 5.41) is 0. The second kappa shape index (κ2) is 6.30. The zero-order chi connectivity index (χ0) is 17.7. The molecule has 2 aromatic rings. The molecule has 0 aliphatic carbocycles. The van der Waals surface area contributed by atoms with Gasteiger partial charge in [-0.15, -0.1) is 11.3 Å². The molecule has 2 aliphatic rings. The van der Waals surface area contributed by atoms with Crippen LogP contribution in [0.1, 0.15) is 37.8 Å². The minimum atomic E-state index is -3.05. The Morgan fingerprint density at radius 3 is 2.60 bits per heavy atom. The molecule has 136 valence electrons. The third kappa shape index (κ3) is 3.35. The van der Waals surface area contributed by atoms with Crippen LogP contribution in [0.3, 0.4) is 0 Å². The van der Waals surface area contributed by atoms with E-state index in [-0.39, 0.29) is 5.41 Å². The summed E-state index contributed by atoms with van der Waals surface area (Å²) in [6.45, 7) is 5.73. The molecule has 3 heterocycles. The number of sulfonamides is 1. The van der Waals surface area contributed by atoms with Crippen LogP contribution in [0.5, 0.6) is 0 Å². The Morgan fingerprint density at radius 1 is 1.20 bits per heavy atom. The first-order chi connectivity index (χ1) is 11.9. The summed E-state index contributed by atoms with van der Waals surface area (Å²) in [6.07, 6.45) is 4.51. The number of fused-ring (bicyclic) bond motifs is 1. The third-order valence-corrected chi connectivity index (χ3v) is 8.18. The predicted octanol–water partition coefficient (Wildman–Crippen LogP) is 3.10. The zero-order valence-corrected chi connectivity index (χ0v) is 16.4. The van der Waals surface area contributed by atoms with E-state index in [0.717, 1.165) is 37.9 Å². The molecule has 1 atom stereocenters. The normalized spacial score (nSPS) is 23.4. The first kappa shape index (κ1) is 17.4.